The summed E-state index contributed by atoms with van der Waals surface area (Å²) in [6, 6.07) is 12.7. The highest BCUT2D eigenvalue weighted by molar-refractivity contribution is 9.10. The van der Waals surface area contributed by atoms with Gasteiger partial charge in [0.25, 0.3) is 0 Å². The normalized spacial score (nSPS) is 20.6. The van der Waals surface area contributed by atoms with Crippen LogP contribution < -0.4 is 4.18 Å². The van der Waals surface area contributed by atoms with E-state index in [2.05, 4.69) is 15.9 Å². The summed E-state index contributed by atoms with van der Waals surface area (Å²) in [5.74, 6) is -1.92. The number of aliphatic carboxylic acids is 1. The SMILES string of the molecule is CC1(C)CC(=O)C2=C(C1)N(CC(=O)O)C1=C(C(=O)CC(C)(C)C1)C2c1ccc(OS(=O)(=O)c2ccccc2)c(Br)c1. The Morgan fingerprint density at radius 2 is 1.46 bits per heavy atom. The highest BCUT2D eigenvalue weighted by Crippen LogP contribution is 2.54. The monoisotopic (exact) mass is 641 g/mol. The summed E-state index contributed by atoms with van der Waals surface area (Å²) >= 11 is 3.45. The molecule has 1 heterocycles. The topological polar surface area (TPSA) is 118 Å². The van der Waals surface area contributed by atoms with E-state index in [4.69, 9.17) is 4.18 Å². The van der Waals surface area contributed by atoms with Gasteiger partial charge in [-0.1, -0.05) is 52.0 Å². The van der Waals surface area contributed by atoms with Gasteiger partial charge in [-0.05, 0) is 69.4 Å². The Balaban J connectivity index is 1.66. The van der Waals surface area contributed by atoms with Gasteiger partial charge < -0.3 is 14.2 Å². The van der Waals surface area contributed by atoms with Crippen molar-refractivity contribution in [2.24, 2.45) is 10.8 Å². The van der Waals surface area contributed by atoms with Crippen LogP contribution in [0.2, 0.25) is 0 Å². The van der Waals surface area contributed by atoms with Crippen LogP contribution >= 0.6 is 15.9 Å². The van der Waals surface area contributed by atoms with Gasteiger partial charge >= 0.3 is 16.1 Å². The van der Waals surface area contributed by atoms with Crippen molar-refractivity contribution in [1.29, 1.82) is 0 Å². The number of hydrogen-bond donors (Lipinski definition) is 1. The number of rotatable bonds is 6. The molecule has 0 saturated heterocycles. The molecule has 0 fully saturated rings. The Morgan fingerprint density at radius 3 is 1.95 bits per heavy atom. The molecule has 1 N–H and O–H groups in total. The summed E-state index contributed by atoms with van der Waals surface area (Å²) in [6.45, 7) is 7.60. The molecule has 0 aromatic heterocycles. The lowest BCUT2D eigenvalue weighted by Gasteiger charge is -2.48. The van der Waals surface area contributed by atoms with Crippen molar-refractivity contribution in [2.75, 3.05) is 6.54 Å². The van der Waals surface area contributed by atoms with E-state index in [9.17, 15) is 27.9 Å². The molecule has 10 heteroatoms. The first-order valence-electron chi connectivity index (χ1n) is 13.4. The number of ketones is 2. The lowest BCUT2D eigenvalue weighted by molar-refractivity contribution is -0.138. The maximum absolute atomic E-state index is 13.8. The molecule has 0 radical (unpaired) electrons. The van der Waals surface area contributed by atoms with Crippen molar-refractivity contribution in [3.63, 3.8) is 0 Å². The molecule has 0 spiro atoms. The van der Waals surface area contributed by atoms with Gasteiger partial charge in [0.1, 0.15) is 11.4 Å². The van der Waals surface area contributed by atoms with Gasteiger partial charge in [0.2, 0.25) is 0 Å². The van der Waals surface area contributed by atoms with Crippen LogP contribution in [0.5, 0.6) is 5.75 Å². The Hall–Kier alpha value is -3.24. The average Bonchev–Trinajstić information content (AvgIpc) is 2.85. The van der Waals surface area contributed by atoms with Crippen molar-refractivity contribution in [2.45, 2.75) is 64.2 Å². The second-order valence-corrected chi connectivity index (χ2v) is 15.0. The summed E-state index contributed by atoms with van der Waals surface area (Å²) in [7, 11) is -4.09. The van der Waals surface area contributed by atoms with E-state index in [-0.39, 0.29) is 52.4 Å². The van der Waals surface area contributed by atoms with E-state index < -0.39 is 22.0 Å². The molecule has 3 aliphatic rings. The van der Waals surface area contributed by atoms with Crippen LogP contribution in [0.15, 0.2) is 80.4 Å². The Morgan fingerprint density at radius 1 is 0.927 bits per heavy atom. The molecule has 0 saturated carbocycles. The standard InChI is InChI=1S/C31H32BrNO7S/c1-30(2)13-21-28(23(34)15-30)27(29-22(33(21)17-26(36)37)14-31(3,4)16-24(29)35)18-10-11-25(20(32)12-18)40-41(38,39)19-8-6-5-7-9-19/h5-12,27H,13-17H2,1-4H3,(H,36,37). The summed E-state index contributed by atoms with van der Waals surface area (Å²) in [5.41, 5.74) is 2.03. The van der Waals surface area contributed by atoms with Crippen molar-refractivity contribution < 1.29 is 32.1 Å². The van der Waals surface area contributed by atoms with Gasteiger partial charge in [-0.3, -0.25) is 14.4 Å². The van der Waals surface area contributed by atoms with Crippen LogP contribution in [0.3, 0.4) is 0 Å². The van der Waals surface area contributed by atoms with Crippen LogP contribution in [-0.2, 0) is 24.5 Å². The number of allylic oxidation sites excluding steroid dienone is 4. The lowest BCUT2D eigenvalue weighted by atomic mass is 9.63. The molecular formula is C31H32BrNO7S. The number of carbonyl (C=O) groups excluding carboxylic acids is 2. The Bertz CT molecular complexity index is 1580. The van der Waals surface area contributed by atoms with E-state index in [0.717, 1.165) is 0 Å². The van der Waals surface area contributed by atoms with Crippen LogP contribution in [0.25, 0.3) is 0 Å². The van der Waals surface area contributed by atoms with Gasteiger partial charge in [-0.15, -0.1) is 0 Å². The third kappa shape index (κ3) is 5.64. The highest BCUT2D eigenvalue weighted by atomic mass is 79.9. The highest BCUT2D eigenvalue weighted by Gasteiger charge is 2.49. The molecule has 2 aliphatic carbocycles. The third-order valence-electron chi connectivity index (χ3n) is 7.84. The minimum atomic E-state index is -4.09. The molecule has 0 bridgehead atoms. The minimum Gasteiger partial charge on any atom is -0.480 e. The smallest absolute Gasteiger partial charge is 0.339 e. The maximum Gasteiger partial charge on any atom is 0.339 e. The predicted molar refractivity (Wildman–Crippen MR) is 156 cm³/mol. The summed E-state index contributed by atoms with van der Waals surface area (Å²) in [5, 5.41) is 9.84. The fourth-order valence-corrected chi connectivity index (χ4v) is 7.78. The van der Waals surface area contributed by atoms with Crippen molar-refractivity contribution in [1.82, 2.24) is 4.90 Å². The lowest BCUT2D eigenvalue weighted by Crippen LogP contribution is -2.45. The first-order valence-corrected chi connectivity index (χ1v) is 15.6. The number of carboxylic acid groups (broad SMARTS) is 1. The van der Waals surface area contributed by atoms with E-state index in [1.165, 1.54) is 18.2 Å². The van der Waals surface area contributed by atoms with Gasteiger partial charge in [0.15, 0.2) is 17.3 Å². The molecule has 2 aromatic rings. The minimum absolute atomic E-state index is 0.0113. The zero-order chi connectivity index (χ0) is 29.9. The fraction of sp³-hybridized carbons (Fsp3) is 0.387. The van der Waals surface area contributed by atoms with E-state index in [0.29, 0.717) is 45.4 Å². The summed E-state index contributed by atoms with van der Waals surface area (Å²) in [6.07, 6.45) is 1.51. The number of carbonyl (C=O) groups is 3. The molecule has 8 nitrogen and oxygen atoms in total. The third-order valence-corrected chi connectivity index (χ3v) is 9.70. The van der Waals surface area contributed by atoms with E-state index in [1.807, 2.05) is 27.7 Å². The molecule has 5 rings (SSSR count). The van der Waals surface area contributed by atoms with Crippen LogP contribution in [0, 0.1) is 10.8 Å². The van der Waals surface area contributed by atoms with E-state index in [1.54, 1.807) is 35.2 Å². The number of carboxylic acids is 1. The van der Waals surface area contributed by atoms with Crippen LogP contribution in [-0.4, -0.2) is 42.5 Å². The molecule has 216 valence electrons. The largest absolute Gasteiger partial charge is 0.480 e. The van der Waals surface area contributed by atoms with Gasteiger partial charge in [-0.25, -0.2) is 0 Å². The second-order valence-electron chi connectivity index (χ2n) is 12.6. The molecule has 41 heavy (non-hydrogen) atoms. The number of nitrogens with zero attached hydrogens (tertiary/aromatic N) is 1. The number of benzene rings is 2. The predicted octanol–water partition coefficient (Wildman–Crippen LogP) is 5.99. The zero-order valence-corrected chi connectivity index (χ0v) is 25.8. The number of halogens is 1. The van der Waals surface area contributed by atoms with Gasteiger partial charge in [-0.2, -0.15) is 8.42 Å². The molecule has 1 aliphatic heterocycles. The number of Topliss-reactive ketones (excluding diaryl/α,β-unsaturated/α-hetero) is 2. The van der Waals surface area contributed by atoms with Gasteiger partial charge in [0, 0.05) is 41.3 Å². The molecular weight excluding hydrogens is 610 g/mol. The van der Waals surface area contributed by atoms with Crippen LogP contribution in [0.4, 0.5) is 0 Å². The quantitative estimate of drug-likeness (QED) is 0.382. The average molecular weight is 643 g/mol. The van der Waals surface area contributed by atoms with Crippen molar-refractivity contribution in [3.8, 4) is 5.75 Å². The first-order chi connectivity index (χ1) is 19.1. The first kappa shape index (κ1) is 29.3. The van der Waals surface area contributed by atoms with Crippen molar-refractivity contribution >= 4 is 43.6 Å². The Kier molecular flexibility index (Phi) is 7.31. The van der Waals surface area contributed by atoms with Gasteiger partial charge in [0.05, 0.1) is 4.47 Å². The summed E-state index contributed by atoms with van der Waals surface area (Å²) < 4.78 is 31.5. The second kappa shape index (κ2) is 10.2. The number of hydrogen-bond acceptors (Lipinski definition) is 7. The molecule has 0 atom stereocenters. The van der Waals surface area contributed by atoms with Crippen LogP contribution in [0.1, 0.15) is 64.9 Å². The molecule has 0 amide bonds. The Labute approximate surface area is 248 Å². The summed E-state index contributed by atoms with van der Waals surface area (Å²) in [4.78, 5) is 41.3. The molecule has 0 unspecified atom stereocenters. The fourth-order valence-electron chi connectivity index (χ4n) is 6.22. The van der Waals surface area contributed by atoms with Crippen molar-refractivity contribution in [3.05, 3.63) is 81.1 Å². The maximum atomic E-state index is 13.8. The zero-order valence-electron chi connectivity index (χ0n) is 23.4. The molecule has 2 aromatic carbocycles. The van der Waals surface area contributed by atoms with E-state index >= 15 is 0 Å².